The highest BCUT2D eigenvalue weighted by molar-refractivity contribution is 6.07. The van der Waals surface area contributed by atoms with E-state index in [1.54, 1.807) is 0 Å². The second-order valence-corrected chi connectivity index (χ2v) is 9.38. The Morgan fingerprint density at radius 1 is 0.800 bits per heavy atom. The van der Waals surface area contributed by atoms with Crippen molar-refractivity contribution in [2.24, 2.45) is 5.92 Å². The van der Waals surface area contributed by atoms with Crippen LogP contribution in [0.5, 0.6) is 0 Å². The van der Waals surface area contributed by atoms with Crippen LogP contribution in [0.15, 0.2) is 84.9 Å². The summed E-state index contributed by atoms with van der Waals surface area (Å²) in [4.78, 5) is 15.3. The predicted octanol–water partition coefficient (Wildman–Crippen LogP) is 5.45. The fourth-order valence-electron chi connectivity index (χ4n) is 5.01. The number of benzene rings is 3. The van der Waals surface area contributed by atoms with Crippen molar-refractivity contribution in [1.29, 1.82) is 0 Å². The number of hydrogen-bond donors (Lipinski definition) is 1. The largest absolute Gasteiger partial charge is 0.355 e. The molecule has 5 nitrogen and oxygen atoms in total. The van der Waals surface area contributed by atoms with Crippen LogP contribution in [0.2, 0.25) is 0 Å². The smallest absolute Gasteiger partial charge is 0.272 e. The van der Waals surface area contributed by atoms with Gasteiger partial charge < -0.3 is 10.2 Å². The summed E-state index contributed by atoms with van der Waals surface area (Å²) < 4.78 is 0. The molecule has 5 rings (SSSR count). The monoisotopic (exact) mass is 464 g/mol. The van der Waals surface area contributed by atoms with Crippen molar-refractivity contribution < 1.29 is 4.79 Å². The summed E-state index contributed by atoms with van der Waals surface area (Å²) in [6, 6.07) is 29.1. The number of aryl methyl sites for hydroxylation is 1. The van der Waals surface area contributed by atoms with E-state index in [4.69, 9.17) is 0 Å². The number of fused-ring (bicyclic) bond motifs is 1. The Hall–Kier alpha value is -3.73. The zero-order valence-electron chi connectivity index (χ0n) is 20.1. The third-order valence-electron chi connectivity index (χ3n) is 6.93. The third-order valence-corrected chi connectivity index (χ3v) is 6.93. The number of rotatable bonds is 8. The molecule has 1 aliphatic heterocycles. The van der Waals surface area contributed by atoms with E-state index in [9.17, 15) is 4.79 Å². The molecule has 0 spiro atoms. The topological polar surface area (TPSA) is 58.1 Å². The van der Waals surface area contributed by atoms with Crippen LogP contribution in [0.1, 0.15) is 40.9 Å². The molecule has 1 aromatic heterocycles. The van der Waals surface area contributed by atoms with E-state index in [0.29, 0.717) is 18.2 Å². The fraction of sp³-hybridized carbons (Fsp3) is 0.300. The molecule has 0 atom stereocenters. The first kappa shape index (κ1) is 23.0. The van der Waals surface area contributed by atoms with Crippen molar-refractivity contribution in [1.82, 2.24) is 15.5 Å². The number of carbonyl (C=O) groups excluding carboxylic acids is 1. The van der Waals surface area contributed by atoms with Crippen LogP contribution in [0, 0.1) is 5.92 Å². The van der Waals surface area contributed by atoms with Gasteiger partial charge in [-0.2, -0.15) is 0 Å². The van der Waals surface area contributed by atoms with Crippen molar-refractivity contribution in [3.05, 3.63) is 102 Å². The lowest BCUT2D eigenvalue weighted by atomic mass is 9.90. The van der Waals surface area contributed by atoms with Crippen molar-refractivity contribution in [2.45, 2.75) is 32.1 Å². The van der Waals surface area contributed by atoms with Crippen LogP contribution in [0.25, 0.3) is 10.8 Å². The van der Waals surface area contributed by atoms with Gasteiger partial charge in [0.1, 0.15) is 0 Å². The Bertz CT molecular complexity index is 1250. The summed E-state index contributed by atoms with van der Waals surface area (Å²) in [5.41, 5.74) is 3.10. The molecule has 1 aliphatic rings. The Balaban J connectivity index is 1.23. The Morgan fingerprint density at radius 3 is 2.14 bits per heavy atom. The lowest BCUT2D eigenvalue weighted by Gasteiger charge is -2.33. The van der Waals surface area contributed by atoms with Gasteiger partial charge in [-0.25, -0.2) is 0 Å². The van der Waals surface area contributed by atoms with Crippen molar-refractivity contribution in [3.63, 3.8) is 0 Å². The molecule has 3 aromatic carbocycles. The summed E-state index contributed by atoms with van der Waals surface area (Å²) in [6.45, 7) is 2.53. The minimum atomic E-state index is -0.158. The van der Waals surface area contributed by atoms with E-state index < -0.39 is 0 Å². The Kier molecular flexibility index (Phi) is 7.32. The molecule has 178 valence electrons. The molecule has 0 unspecified atom stereocenters. The number of amides is 1. The average Bonchev–Trinajstić information content (AvgIpc) is 2.92. The highest BCUT2D eigenvalue weighted by Crippen LogP contribution is 2.30. The summed E-state index contributed by atoms with van der Waals surface area (Å²) in [6.07, 6.45) is 5.22. The highest BCUT2D eigenvalue weighted by atomic mass is 16.1. The molecule has 1 saturated heterocycles. The number of anilines is 1. The summed E-state index contributed by atoms with van der Waals surface area (Å²) in [7, 11) is 0. The fourth-order valence-corrected chi connectivity index (χ4v) is 5.01. The first-order chi connectivity index (χ1) is 17.3. The van der Waals surface area contributed by atoms with E-state index in [1.165, 1.54) is 11.1 Å². The minimum absolute atomic E-state index is 0.158. The SMILES string of the molecule is O=C(NCCCc1ccccc1)c1nnc(N2CCC(Cc3ccccc3)CC2)c2ccccc12. The van der Waals surface area contributed by atoms with Gasteiger partial charge in [0, 0.05) is 30.4 Å². The first-order valence-corrected chi connectivity index (χ1v) is 12.6. The average molecular weight is 465 g/mol. The number of carbonyl (C=O) groups is 1. The van der Waals surface area contributed by atoms with Crippen molar-refractivity contribution in [3.8, 4) is 0 Å². The van der Waals surface area contributed by atoms with Crippen molar-refractivity contribution >= 4 is 22.5 Å². The lowest BCUT2D eigenvalue weighted by Crippen LogP contribution is -2.35. The van der Waals surface area contributed by atoms with Crippen LogP contribution in [-0.4, -0.2) is 35.7 Å². The van der Waals surface area contributed by atoms with E-state index in [0.717, 1.165) is 61.8 Å². The van der Waals surface area contributed by atoms with Crippen LogP contribution in [0.3, 0.4) is 0 Å². The van der Waals surface area contributed by atoms with Crippen LogP contribution in [-0.2, 0) is 12.8 Å². The Labute approximate surface area is 207 Å². The molecule has 35 heavy (non-hydrogen) atoms. The van der Waals surface area contributed by atoms with Gasteiger partial charge in [0.15, 0.2) is 11.5 Å². The molecule has 1 N–H and O–H groups in total. The van der Waals surface area contributed by atoms with Gasteiger partial charge in [0.05, 0.1) is 0 Å². The number of aromatic nitrogens is 2. The van der Waals surface area contributed by atoms with Gasteiger partial charge in [-0.15, -0.1) is 10.2 Å². The molecule has 1 amide bonds. The molecule has 0 aliphatic carbocycles. The molecular formula is C30H32N4O. The molecular weight excluding hydrogens is 432 g/mol. The zero-order chi connectivity index (χ0) is 23.9. The van der Waals surface area contributed by atoms with E-state index in [1.807, 2.05) is 36.4 Å². The second-order valence-electron chi connectivity index (χ2n) is 9.38. The highest BCUT2D eigenvalue weighted by Gasteiger charge is 2.24. The van der Waals surface area contributed by atoms with Gasteiger partial charge in [-0.3, -0.25) is 4.79 Å². The third kappa shape index (κ3) is 5.68. The number of nitrogens with zero attached hydrogens (tertiary/aromatic N) is 3. The molecule has 5 heteroatoms. The van der Waals surface area contributed by atoms with E-state index in [-0.39, 0.29) is 5.91 Å². The molecule has 1 fully saturated rings. The van der Waals surface area contributed by atoms with Gasteiger partial charge >= 0.3 is 0 Å². The van der Waals surface area contributed by atoms with Gasteiger partial charge in [-0.1, -0.05) is 84.9 Å². The first-order valence-electron chi connectivity index (χ1n) is 12.6. The minimum Gasteiger partial charge on any atom is -0.355 e. The van der Waals surface area contributed by atoms with Crippen LogP contribution < -0.4 is 10.2 Å². The van der Waals surface area contributed by atoms with E-state index in [2.05, 4.69) is 68.9 Å². The standard InChI is InChI=1S/C30H32N4O/c35-30(31-19-9-14-23-10-3-1-4-11-23)28-26-15-7-8-16-27(26)29(33-32-28)34-20-17-25(18-21-34)22-24-12-5-2-6-13-24/h1-8,10-13,15-16,25H,9,14,17-22H2,(H,31,35). The molecule has 0 radical (unpaired) electrons. The zero-order valence-corrected chi connectivity index (χ0v) is 20.1. The van der Waals surface area contributed by atoms with Gasteiger partial charge in [0.2, 0.25) is 0 Å². The lowest BCUT2D eigenvalue weighted by molar-refractivity contribution is 0.0949. The molecule has 4 aromatic rings. The maximum Gasteiger partial charge on any atom is 0.272 e. The second kappa shape index (κ2) is 11.1. The van der Waals surface area contributed by atoms with Gasteiger partial charge in [-0.05, 0) is 49.1 Å². The number of piperidine rings is 1. The maximum absolute atomic E-state index is 12.9. The summed E-state index contributed by atoms with van der Waals surface area (Å²) in [5.74, 6) is 1.42. The predicted molar refractivity (Wildman–Crippen MR) is 142 cm³/mol. The van der Waals surface area contributed by atoms with Gasteiger partial charge in [0.25, 0.3) is 5.91 Å². The van der Waals surface area contributed by atoms with Crippen LogP contribution in [0.4, 0.5) is 5.82 Å². The number of nitrogens with one attached hydrogen (secondary N) is 1. The summed E-state index contributed by atoms with van der Waals surface area (Å²) in [5, 5.41) is 13.9. The maximum atomic E-state index is 12.9. The Morgan fingerprint density at radius 2 is 1.43 bits per heavy atom. The van der Waals surface area contributed by atoms with E-state index >= 15 is 0 Å². The summed E-state index contributed by atoms with van der Waals surface area (Å²) >= 11 is 0. The molecule has 0 bridgehead atoms. The normalized spacial score (nSPS) is 14.2. The molecule has 2 heterocycles. The van der Waals surface area contributed by atoms with Crippen molar-refractivity contribution in [2.75, 3.05) is 24.5 Å². The molecule has 0 saturated carbocycles. The van der Waals surface area contributed by atoms with Crippen LogP contribution >= 0.6 is 0 Å². The number of hydrogen-bond acceptors (Lipinski definition) is 4. The quantitative estimate of drug-likeness (QED) is 0.352.